The van der Waals surface area contributed by atoms with Gasteiger partial charge in [-0.1, -0.05) is 13.3 Å². The third-order valence-electron chi connectivity index (χ3n) is 4.24. The second-order valence-electron chi connectivity index (χ2n) is 4.88. The monoisotopic (exact) mass is 184 g/mol. The Balaban J connectivity index is 2.12. The SMILES string of the molecule is C[C@@H]1CC[C@@H](CO)[C@@H]2[C@@H]1CC[C@@H]2O. The molecule has 5 atom stereocenters. The standard InChI is InChI=1S/C11H20O2/c1-7-2-3-8(6-12)11-9(7)4-5-10(11)13/h7-13H,2-6H2,1H3/t7-,8+,9-,10+,11-/m1/s1. The van der Waals surface area contributed by atoms with E-state index in [4.69, 9.17) is 0 Å². The molecule has 0 aromatic carbocycles. The number of hydrogen-bond acceptors (Lipinski definition) is 2. The van der Waals surface area contributed by atoms with Gasteiger partial charge in [-0.25, -0.2) is 0 Å². The van der Waals surface area contributed by atoms with Gasteiger partial charge in [0, 0.05) is 6.61 Å². The summed E-state index contributed by atoms with van der Waals surface area (Å²) in [7, 11) is 0. The average Bonchev–Trinajstić information content (AvgIpc) is 2.51. The molecule has 0 saturated heterocycles. The van der Waals surface area contributed by atoms with Gasteiger partial charge in [0.05, 0.1) is 6.10 Å². The van der Waals surface area contributed by atoms with Gasteiger partial charge >= 0.3 is 0 Å². The first-order valence-corrected chi connectivity index (χ1v) is 5.53. The maximum atomic E-state index is 9.83. The van der Waals surface area contributed by atoms with E-state index in [0.717, 1.165) is 18.8 Å². The number of aliphatic hydroxyl groups excluding tert-OH is 2. The van der Waals surface area contributed by atoms with E-state index in [1.54, 1.807) is 0 Å². The van der Waals surface area contributed by atoms with Crippen molar-refractivity contribution in [3.05, 3.63) is 0 Å². The summed E-state index contributed by atoms with van der Waals surface area (Å²) in [6, 6.07) is 0. The van der Waals surface area contributed by atoms with Crippen molar-refractivity contribution in [3.8, 4) is 0 Å². The minimum Gasteiger partial charge on any atom is -0.396 e. The zero-order chi connectivity index (χ0) is 9.42. The molecule has 2 fully saturated rings. The Kier molecular flexibility index (Phi) is 2.61. The van der Waals surface area contributed by atoms with E-state index in [9.17, 15) is 10.2 Å². The summed E-state index contributed by atoms with van der Waals surface area (Å²) in [6.45, 7) is 2.56. The van der Waals surface area contributed by atoms with E-state index in [1.807, 2.05) is 0 Å². The number of fused-ring (bicyclic) bond motifs is 1. The van der Waals surface area contributed by atoms with Gasteiger partial charge in [-0.05, 0) is 42.9 Å². The van der Waals surface area contributed by atoms with Crippen LogP contribution in [0.4, 0.5) is 0 Å². The molecule has 2 N–H and O–H groups in total. The topological polar surface area (TPSA) is 40.5 Å². The van der Waals surface area contributed by atoms with Crippen LogP contribution in [0.1, 0.15) is 32.6 Å². The highest BCUT2D eigenvalue weighted by atomic mass is 16.3. The molecular weight excluding hydrogens is 164 g/mol. The summed E-state index contributed by atoms with van der Waals surface area (Å²) in [4.78, 5) is 0. The zero-order valence-electron chi connectivity index (χ0n) is 8.32. The smallest absolute Gasteiger partial charge is 0.0574 e. The summed E-state index contributed by atoms with van der Waals surface area (Å²) in [5, 5.41) is 19.1. The van der Waals surface area contributed by atoms with Crippen molar-refractivity contribution in [3.63, 3.8) is 0 Å². The Morgan fingerprint density at radius 1 is 1.15 bits per heavy atom. The molecule has 0 radical (unpaired) electrons. The average molecular weight is 184 g/mol. The molecule has 2 rings (SSSR count). The minimum absolute atomic E-state index is 0.134. The van der Waals surface area contributed by atoms with Crippen LogP contribution in [0.3, 0.4) is 0 Å². The highest BCUT2D eigenvalue weighted by molar-refractivity contribution is 4.94. The van der Waals surface area contributed by atoms with Gasteiger partial charge in [-0.3, -0.25) is 0 Å². The van der Waals surface area contributed by atoms with Crippen molar-refractivity contribution < 1.29 is 10.2 Å². The molecule has 2 nitrogen and oxygen atoms in total. The predicted molar refractivity (Wildman–Crippen MR) is 51.2 cm³/mol. The third kappa shape index (κ3) is 1.50. The molecule has 0 bridgehead atoms. The van der Waals surface area contributed by atoms with Crippen molar-refractivity contribution in [1.29, 1.82) is 0 Å². The van der Waals surface area contributed by atoms with Gasteiger partial charge in [0.2, 0.25) is 0 Å². The summed E-state index contributed by atoms with van der Waals surface area (Å²) in [6.07, 6.45) is 4.33. The quantitative estimate of drug-likeness (QED) is 0.647. The van der Waals surface area contributed by atoms with Crippen LogP contribution in [-0.2, 0) is 0 Å². The van der Waals surface area contributed by atoms with Gasteiger partial charge in [0.25, 0.3) is 0 Å². The van der Waals surface area contributed by atoms with Crippen molar-refractivity contribution in [2.75, 3.05) is 6.61 Å². The fourth-order valence-electron chi connectivity index (χ4n) is 3.46. The molecule has 2 heteroatoms. The largest absolute Gasteiger partial charge is 0.396 e. The molecule has 2 aliphatic carbocycles. The van der Waals surface area contributed by atoms with Crippen LogP contribution in [0.2, 0.25) is 0 Å². The van der Waals surface area contributed by atoms with Gasteiger partial charge < -0.3 is 10.2 Å². The number of hydrogen-bond donors (Lipinski definition) is 2. The molecule has 0 unspecified atom stereocenters. The van der Waals surface area contributed by atoms with Crippen molar-refractivity contribution in [2.24, 2.45) is 23.7 Å². The lowest BCUT2D eigenvalue weighted by Gasteiger charge is -2.38. The van der Waals surface area contributed by atoms with Gasteiger partial charge in [-0.15, -0.1) is 0 Å². The van der Waals surface area contributed by atoms with Crippen LogP contribution in [0.15, 0.2) is 0 Å². The van der Waals surface area contributed by atoms with Gasteiger partial charge in [-0.2, -0.15) is 0 Å². The lowest BCUT2D eigenvalue weighted by Crippen LogP contribution is -2.36. The summed E-state index contributed by atoms with van der Waals surface area (Å²) in [5.74, 6) is 2.21. The van der Waals surface area contributed by atoms with Crippen LogP contribution in [0.5, 0.6) is 0 Å². The summed E-state index contributed by atoms with van der Waals surface area (Å²) < 4.78 is 0. The number of aliphatic hydroxyl groups is 2. The van der Waals surface area contributed by atoms with Gasteiger partial charge in [0.1, 0.15) is 0 Å². The fraction of sp³-hybridized carbons (Fsp3) is 1.00. The molecule has 2 saturated carbocycles. The first kappa shape index (κ1) is 9.47. The summed E-state index contributed by atoms with van der Waals surface area (Å²) >= 11 is 0. The zero-order valence-corrected chi connectivity index (χ0v) is 8.32. The van der Waals surface area contributed by atoms with E-state index >= 15 is 0 Å². The Hall–Kier alpha value is -0.0800. The highest BCUT2D eigenvalue weighted by Crippen LogP contribution is 2.48. The van der Waals surface area contributed by atoms with Crippen LogP contribution >= 0.6 is 0 Å². The Bertz CT molecular complexity index is 181. The molecular formula is C11H20O2. The van der Waals surface area contributed by atoms with Crippen LogP contribution in [0, 0.1) is 23.7 Å². The molecule has 76 valence electrons. The maximum absolute atomic E-state index is 9.83. The normalized spacial score (nSPS) is 50.5. The predicted octanol–water partition coefficient (Wildman–Crippen LogP) is 1.41. The van der Waals surface area contributed by atoms with Crippen LogP contribution in [0.25, 0.3) is 0 Å². The summed E-state index contributed by atoms with van der Waals surface area (Å²) in [5.41, 5.74) is 0. The molecule has 2 aliphatic rings. The second kappa shape index (κ2) is 3.58. The molecule has 13 heavy (non-hydrogen) atoms. The number of rotatable bonds is 1. The van der Waals surface area contributed by atoms with Crippen LogP contribution in [-0.4, -0.2) is 22.9 Å². The Labute approximate surface area is 80.0 Å². The lowest BCUT2D eigenvalue weighted by molar-refractivity contribution is 0.00789. The Morgan fingerprint density at radius 3 is 2.62 bits per heavy atom. The fourth-order valence-corrected chi connectivity index (χ4v) is 3.46. The minimum atomic E-state index is -0.134. The second-order valence-corrected chi connectivity index (χ2v) is 4.88. The maximum Gasteiger partial charge on any atom is 0.0574 e. The molecule has 0 amide bonds. The van der Waals surface area contributed by atoms with Crippen LogP contribution < -0.4 is 0 Å². The first-order chi connectivity index (χ1) is 6.24. The van der Waals surface area contributed by atoms with E-state index in [-0.39, 0.29) is 12.7 Å². The molecule has 0 aromatic heterocycles. The molecule has 0 aliphatic heterocycles. The van der Waals surface area contributed by atoms with Crippen molar-refractivity contribution in [1.82, 2.24) is 0 Å². The van der Waals surface area contributed by atoms with Crippen molar-refractivity contribution in [2.45, 2.75) is 38.7 Å². The van der Waals surface area contributed by atoms with Gasteiger partial charge in [0.15, 0.2) is 0 Å². The Morgan fingerprint density at radius 2 is 1.92 bits per heavy atom. The van der Waals surface area contributed by atoms with Crippen molar-refractivity contribution >= 4 is 0 Å². The van der Waals surface area contributed by atoms with E-state index in [2.05, 4.69) is 6.92 Å². The molecule has 0 spiro atoms. The van der Waals surface area contributed by atoms with E-state index in [0.29, 0.717) is 17.8 Å². The highest BCUT2D eigenvalue weighted by Gasteiger charge is 2.44. The lowest BCUT2D eigenvalue weighted by atomic mass is 9.68. The van der Waals surface area contributed by atoms with E-state index in [1.165, 1.54) is 12.8 Å². The molecule has 0 aromatic rings. The third-order valence-corrected chi connectivity index (χ3v) is 4.24. The molecule has 0 heterocycles. The van der Waals surface area contributed by atoms with E-state index < -0.39 is 0 Å². The first-order valence-electron chi connectivity index (χ1n) is 5.53.